The summed E-state index contributed by atoms with van der Waals surface area (Å²) in [5.74, 6) is 3.03. The summed E-state index contributed by atoms with van der Waals surface area (Å²) >= 11 is 0. The maximum Gasteiger partial charge on any atom is 0.252 e. The molecule has 1 N–H and O–H groups in total. The van der Waals surface area contributed by atoms with E-state index >= 15 is 0 Å². The molecule has 5 fully saturated rings. The fraction of sp³-hybridized carbons (Fsp3) is 0.941. The average molecular weight is 329 g/mol. The molecule has 1 saturated heterocycles. The molecule has 1 unspecified atom stereocenters. The zero-order chi connectivity index (χ0) is 14.4. The van der Waals surface area contributed by atoms with Gasteiger partial charge in [-0.1, -0.05) is 0 Å². The molecular formula is C17H29ClN2O2. The fourth-order valence-electron chi connectivity index (χ4n) is 6.03. The molecule has 4 nitrogen and oxygen atoms in total. The third-order valence-corrected chi connectivity index (χ3v) is 6.32. The van der Waals surface area contributed by atoms with Crippen molar-refractivity contribution in [3.63, 3.8) is 0 Å². The van der Waals surface area contributed by atoms with Crippen LogP contribution < -0.4 is 5.32 Å². The molecule has 1 amide bonds. The number of ether oxygens (including phenoxy) is 1. The van der Waals surface area contributed by atoms with Crippen LogP contribution in [-0.2, 0) is 9.53 Å². The van der Waals surface area contributed by atoms with Crippen LogP contribution in [-0.4, -0.2) is 50.2 Å². The summed E-state index contributed by atoms with van der Waals surface area (Å²) in [7, 11) is 1.99. The smallest absolute Gasteiger partial charge is 0.252 e. The normalized spacial score (nSPS) is 42.8. The molecule has 4 aliphatic carbocycles. The van der Waals surface area contributed by atoms with Crippen LogP contribution in [0.1, 0.15) is 38.5 Å². The molecule has 5 heteroatoms. The molecule has 0 radical (unpaired) electrons. The maximum absolute atomic E-state index is 12.6. The Morgan fingerprint density at radius 2 is 1.77 bits per heavy atom. The number of carbonyl (C=O) groups excluding carboxylic acids is 1. The standard InChI is InChI=1S/C17H28N2O2.ClH/c1-19(16(20)15-10-18-2-3-21-15)11-17-7-12-4-13(8-17)6-14(5-12)9-17;/h12-15,18H,2-11H2,1H3;1H. The summed E-state index contributed by atoms with van der Waals surface area (Å²) < 4.78 is 5.63. The van der Waals surface area contributed by atoms with Crippen molar-refractivity contribution in [1.82, 2.24) is 10.2 Å². The van der Waals surface area contributed by atoms with E-state index in [-0.39, 0.29) is 24.4 Å². The Bertz CT molecular complexity index is 388. The van der Waals surface area contributed by atoms with E-state index in [1.54, 1.807) is 0 Å². The van der Waals surface area contributed by atoms with Gasteiger partial charge in [-0.05, 0) is 61.7 Å². The van der Waals surface area contributed by atoms with Gasteiger partial charge in [-0.25, -0.2) is 0 Å². The van der Waals surface area contributed by atoms with E-state index in [1.807, 2.05) is 11.9 Å². The van der Waals surface area contributed by atoms with Gasteiger partial charge in [-0.2, -0.15) is 0 Å². The fourth-order valence-corrected chi connectivity index (χ4v) is 6.03. The molecule has 0 aromatic carbocycles. The number of amides is 1. The lowest BCUT2D eigenvalue weighted by molar-refractivity contribution is -0.148. The van der Waals surface area contributed by atoms with Crippen molar-refractivity contribution in [2.45, 2.75) is 44.6 Å². The van der Waals surface area contributed by atoms with Crippen molar-refractivity contribution in [1.29, 1.82) is 0 Å². The van der Waals surface area contributed by atoms with Crippen LogP contribution in [0.25, 0.3) is 0 Å². The highest BCUT2D eigenvalue weighted by molar-refractivity contribution is 5.85. The number of nitrogens with zero attached hydrogens (tertiary/aromatic N) is 1. The monoisotopic (exact) mass is 328 g/mol. The Hall–Kier alpha value is -0.320. The van der Waals surface area contributed by atoms with Crippen LogP contribution in [0, 0.1) is 23.2 Å². The Morgan fingerprint density at radius 3 is 2.27 bits per heavy atom. The van der Waals surface area contributed by atoms with Gasteiger partial charge in [0.05, 0.1) is 6.61 Å². The summed E-state index contributed by atoms with van der Waals surface area (Å²) in [4.78, 5) is 14.6. The van der Waals surface area contributed by atoms with Gasteiger partial charge in [-0.3, -0.25) is 4.79 Å². The predicted molar refractivity (Wildman–Crippen MR) is 88.1 cm³/mol. The second-order valence-corrected chi connectivity index (χ2v) is 8.18. The molecule has 0 aromatic rings. The zero-order valence-corrected chi connectivity index (χ0v) is 14.4. The van der Waals surface area contributed by atoms with Crippen LogP contribution in [0.2, 0.25) is 0 Å². The highest BCUT2D eigenvalue weighted by Gasteiger charge is 2.51. The Morgan fingerprint density at radius 1 is 1.18 bits per heavy atom. The molecule has 4 bridgehead atoms. The number of hydrogen-bond donors (Lipinski definition) is 1. The molecule has 5 rings (SSSR count). The number of carbonyl (C=O) groups is 1. The second kappa shape index (κ2) is 6.29. The summed E-state index contributed by atoms with van der Waals surface area (Å²) in [6, 6.07) is 0. The third kappa shape index (κ3) is 3.02. The van der Waals surface area contributed by atoms with Crippen molar-refractivity contribution in [3.8, 4) is 0 Å². The first-order valence-corrected chi connectivity index (χ1v) is 8.71. The van der Waals surface area contributed by atoms with Crippen LogP contribution >= 0.6 is 12.4 Å². The molecule has 0 aromatic heterocycles. The highest BCUT2D eigenvalue weighted by Crippen LogP contribution is 2.60. The van der Waals surface area contributed by atoms with Crippen LogP contribution in [0.5, 0.6) is 0 Å². The van der Waals surface area contributed by atoms with Gasteiger partial charge in [0.25, 0.3) is 5.91 Å². The number of nitrogens with one attached hydrogen (secondary N) is 1. The molecule has 126 valence electrons. The van der Waals surface area contributed by atoms with Gasteiger partial charge in [0.1, 0.15) is 6.10 Å². The first-order valence-electron chi connectivity index (χ1n) is 8.71. The topological polar surface area (TPSA) is 41.6 Å². The lowest BCUT2D eigenvalue weighted by atomic mass is 9.49. The van der Waals surface area contributed by atoms with E-state index in [0.717, 1.165) is 30.8 Å². The van der Waals surface area contributed by atoms with Crippen molar-refractivity contribution in [2.75, 3.05) is 33.3 Å². The lowest BCUT2D eigenvalue weighted by Gasteiger charge is -2.57. The van der Waals surface area contributed by atoms with Gasteiger partial charge < -0.3 is 15.0 Å². The number of likely N-dealkylation sites (N-methyl/N-ethyl adjacent to an activating group) is 1. The number of hydrogen-bond acceptors (Lipinski definition) is 3. The molecule has 1 atom stereocenters. The minimum atomic E-state index is -0.266. The number of rotatable bonds is 3. The molecule has 1 aliphatic heterocycles. The first-order chi connectivity index (χ1) is 10.1. The minimum absolute atomic E-state index is 0. The first kappa shape index (κ1) is 16.5. The largest absolute Gasteiger partial charge is 0.366 e. The number of morpholine rings is 1. The Labute approximate surface area is 139 Å². The zero-order valence-electron chi connectivity index (χ0n) is 13.6. The molecule has 0 spiro atoms. The van der Waals surface area contributed by atoms with E-state index in [4.69, 9.17) is 4.74 Å². The molecule has 4 saturated carbocycles. The van der Waals surface area contributed by atoms with Crippen LogP contribution in [0.3, 0.4) is 0 Å². The summed E-state index contributed by atoms with van der Waals surface area (Å²) in [5, 5.41) is 3.26. The van der Waals surface area contributed by atoms with E-state index in [1.165, 1.54) is 38.5 Å². The van der Waals surface area contributed by atoms with Gasteiger partial charge in [0.15, 0.2) is 0 Å². The van der Waals surface area contributed by atoms with Crippen LogP contribution in [0.4, 0.5) is 0 Å². The Kier molecular flexibility index (Phi) is 4.73. The van der Waals surface area contributed by atoms with Crippen molar-refractivity contribution in [3.05, 3.63) is 0 Å². The summed E-state index contributed by atoms with van der Waals surface area (Å²) in [6.45, 7) is 3.14. The Balaban J connectivity index is 0.00000144. The maximum atomic E-state index is 12.6. The number of halogens is 1. The van der Waals surface area contributed by atoms with E-state index < -0.39 is 0 Å². The molecular weight excluding hydrogens is 300 g/mol. The van der Waals surface area contributed by atoms with E-state index in [2.05, 4.69) is 5.32 Å². The van der Waals surface area contributed by atoms with Gasteiger partial charge >= 0.3 is 0 Å². The van der Waals surface area contributed by atoms with Gasteiger partial charge in [-0.15, -0.1) is 12.4 Å². The van der Waals surface area contributed by atoms with E-state index in [9.17, 15) is 4.79 Å². The minimum Gasteiger partial charge on any atom is -0.366 e. The second-order valence-electron chi connectivity index (χ2n) is 8.18. The summed E-state index contributed by atoms with van der Waals surface area (Å²) in [5.41, 5.74) is 0.432. The van der Waals surface area contributed by atoms with Crippen LogP contribution in [0.15, 0.2) is 0 Å². The molecule has 22 heavy (non-hydrogen) atoms. The SMILES string of the molecule is CN(CC12CC3CC(CC(C3)C1)C2)C(=O)C1CNCCO1.Cl. The van der Waals surface area contributed by atoms with Crippen molar-refractivity contribution in [2.24, 2.45) is 23.2 Å². The van der Waals surface area contributed by atoms with E-state index in [0.29, 0.717) is 18.6 Å². The van der Waals surface area contributed by atoms with Gasteiger partial charge in [0, 0.05) is 26.7 Å². The van der Waals surface area contributed by atoms with Crippen molar-refractivity contribution < 1.29 is 9.53 Å². The molecule has 5 aliphatic rings. The third-order valence-electron chi connectivity index (χ3n) is 6.32. The molecule has 1 heterocycles. The lowest BCUT2D eigenvalue weighted by Crippen LogP contribution is -2.54. The predicted octanol–water partition coefficient (Wildman–Crippen LogP) is 2.07. The quantitative estimate of drug-likeness (QED) is 0.862. The van der Waals surface area contributed by atoms with Gasteiger partial charge in [0.2, 0.25) is 0 Å². The highest BCUT2D eigenvalue weighted by atomic mass is 35.5. The van der Waals surface area contributed by atoms with Crippen molar-refractivity contribution >= 4 is 18.3 Å². The summed E-state index contributed by atoms with van der Waals surface area (Å²) in [6.07, 6.45) is 8.21. The average Bonchev–Trinajstić information content (AvgIpc) is 2.45.